The number of rotatable bonds is 3. The van der Waals surface area contributed by atoms with Crippen LogP contribution in [0.3, 0.4) is 0 Å². The van der Waals surface area contributed by atoms with E-state index >= 15 is 0 Å². The van der Waals surface area contributed by atoms with Crippen molar-refractivity contribution < 1.29 is 17.9 Å². The number of likely N-dealkylation sites (tertiary alicyclic amines) is 1. The van der Waals surface area contributed by atoms with Crippen molar-refractivity contribution in [2.45, 2.75) is 75.9 Å². The lowest BCUT2D eigenvalue weighted by molar-refractivity contribution is -0.182. The first kappa shape index (κ1) is 21.2. The van der Waals surface area contributed by atoms with Crippen LogP contribution >= 0.6 is 0 Å². The first-order chi connectivity index (χ1) is 14.9. The Morgan fingerprint density at radius 2 is 1.84 bits per heavy atom. The topological polar surface area (TPSA) is 42.7 Å². The molecule has 4 heterocycles. The summed E-state index contributed by atoms with van der Waals surface area (Å²) in [7, 11) is 0. The fourth-order valence-corrected chi connectivity index (χ4v) is 5.74. The number of aromatic nitrogens is 3. The molecule has 170 valence electrons. The van der Waals surface area contributed by atoms with Crippen molar-refractivity contribution in [1.29, 1.82) is 0 Å². The number of hydrogen-bond acceptors (Lipinski definition) is 4. The van der Waals surface area contributed by atoms with Crippen molar-refractivity contribution in [2.24, 2.45) is 5.92 Å². The normalized spacial score (nSPS) is 30.8. The van der Waals surface area contributed by atoms with Crippen LogP contribution in [0.1, 0.15) is 73.9 Å². The number of aryl methyl sites for hydroxylation is 1. The van der Waals surface area contributed by atoms with Crippen LogP contribution in [0.25, 0.3) is 5.65 Å². The molecular weight excluding hydrogens is 405 g/mol. The van der Waals surface area contributed by atoms with Crippen LogP contribution in [0.4, 0.5) is 13.2 Å². The van der Waals surface area contributed by atoms with Crippen molar-refractivity contribution in [3.63, 3.8) is 0 Å². The van der Waals surface area contributed by atoms with Gasteiger partial charge in [0.2, 0.25) is 0 Å². The third-order valence-electron chi connectivity index (χ3n) is 7.50. The van der Waals surface area contributed by atoms with Gasteiger partial charge >= 0.3 is 6.18 Å². The van der Waals surface area contributed by atoms with E-state index in [2.05, 4.69) is 16.0 Å². The van der Waals surface area contributed by atoms with Gasteiger partial charge < -0.3 is 4.74 Å². The first-order valence-electron chi connectivity index (χ1n) is 11.6. The van der Waals surface area contributed by atoms with Gasteiger partial charge in [0, 0.05) is 42.8 Å². The van der Waals surface area contributed by atoms with Crippen LogP contribution in [0.2, 0.25) is 0 Å². The van der Waals surface area contributed by atoms with Gasteiger partial charge in [-0.15, -0.1) is 0 Å². The van der Waals surface area contributed by atoms with E-state index < -0.39 is 12.1 Å². The summed E-state index contributed by atoms with van der Waals surface area (Å²) in [5.41, 5.74) is 3.87. The largest absolute Gasteiger partial charge is 0.391 e. The summed E-state index contributed by atoms with van der Waals surface area (Å²) >= 11 is 0. The third-order valence-corrected chi connectivity index (χ3v) is 7.50. The van der Waals surface area contributed by atoms with Gasteiger partial charge in [-0.25, -0.2) is 9.50 Å². The van der Waals surface area contributed by atoms with Crippen molar-refractivity contribution in [2.75, 3.05) is 26.3 Å². The minimum absolute atomic E-state index is 0.0898. The highest BCUT2D eigenvalue weighted by Crippen LogP contribution is 2.43. The molecule has 31 heavy (non-hydrogen) atoms. The van der Waals surface area contributed by atoms with Crippen molar-refractivity contribution >= 4 is 5.65 Å². The fraction of sp³-hybridized carbons (Fsp3) is 0.739. The number of nitrogens with zero attached hydrogens (tertiary/aromatic N) is 4. The number of ether oxygens (including phenoxy) is 1. The molecule has 0 radical (unpaired) electrons. The van der Waals surface area contributed by atoms with E-state index in [0.717, 1.165) is 62.6 Å². The third kappa shape index (κ3) is 4.33. The Morgan fingerprint density at radius 1 is 1.03 bits per heavy atom. The van der Waals surface area contributed by atoms with Gasteiger partial charge in [-0.1, -0.05) is 0 Å². The highest BCUT2D eigenvalue weighted by atomic mass is 19.4. The van der Waals surface area contributed by atoms with E-state index in [1.165, 1.54) is 5.69 Å². The number of fused-ring (bicyclic) bond motifs is 1. The van der Waals surface area contributed by atoms with Gasteiger partial charge in [-0.3, -0.25) is 4.90 Å². The molecule has 5 nitrogen and oxygen atoms in total. The zero-order chi connectivity index (χ0) is 21.6. The standard InChI is InChI=1S/C23H31F3N4O/c1-15-11-21(17-3-2-9-29(13-17)19-8-10-31-14-19)30-22(27-15)12-20(28-30)16-4-6-18(7-5-16)23(24,25)26/h11-12,16-19H,2-10,13-14H2,1H3/t16-,17-,18-,19?/m1/s1. The minimum atomic E-state index is -4.08. The molecule has 1 aliphatic carbocycles. The Labute approximate surface area is 181 Å². The maximum Gasteiger partial charge on any atom is 0.391 e. The predicted molar refractivity (Wildman–Crippen MR) is 111 cm³/mol. The Balaban J connectivity index is 1.38. The zero-order valence-corrected chi connectivity index (χ0v) is 18.1. The monoisotopic (exact) mass is 436 g/mol. The first-order valence-corrected chi connectivity index (χ1v) is 11.6. The lowest BCUT2D eigenvalue weighted by atomic mass is 9.80. The molecule has 0 amide bonds. The molecule has 2 aromatic rings. The van der Waals surface area contributed by atoms with Crippen molar-refractivity contribution in [1.82, 2.24) is 19.5 Å². The van der Waals surface area contributed by atoms with E-state index in [9.17, 15) is 13.2 Å². The van der Waals surface area contributed by atoms with E-state index in [4.69, 9.17) is 9.84 Å². The molecule has 5 rings (SSSR count). The molecule has 1 saturated carbocycles. The molecular formula is C23H31F3N4O. The molecule has 0 N–H and O–H groups in total. The highest BCUT2D eigenvalue weighted by Gasteiger charge is 2.42. The molecule has 8 heteroatoms. The van der Waals surface area contributed by atoms with Gasteiger partial charge in [0.1, 0.15) is 0 Å². The number of halogens is 3. The smallest absolute Gasteiger partial charge is 0.380 e. The summed E-state index contributed by atoms with van der Waals surface area (Å²) in [6.45, 7) is 5.80. The molecule has 1 unspecified atom stereocenters. The molecule has 0 aromatic carbocycles. The second-order valence-corrected chi connectivity index (χ2v) is 9.60. The van der Waals surface area contributed by atoms with Crippen LogP contribution in [0.15, 0.2) is 12.1 Å². The molecule has 3 fully saturated rings. The summed E-state index contributed by atoms with van der Waals surface area (Å²) in [5.74, 6) is -0.691. The second kappa shape index (κ2) is 8.35. The molecule has 3 aliphatic rings. The van der Waals surface area contributed by atoms with Gasteiger partial charge in [-0.2, -0.15) is 18.3 Å². The molecule has 2 aromatic heterocycles. The Kier molecular flexibility index (Phi) is 5.71. The van der Waals surface area contributed by atoms with E-state index in [1.807, 2.05) is 17.5 Å². The summed E-state index contributed by atoms with van der Waals surface area (Å²) in [6.07, 6.45) is 0.776. The Hall–Kier alpha value is -1.67. The van der Waals surface area contributed by atoms with Crippen LogP contribution in [0.5, 0.6) is 0 Å². The fourth-order valence-electron chi connectivity index (χ4n) is 5.74. The average Bonchev–Trinajstić information content (AvgIpc) is 3.43. The minimum Gasteiger partial charge on any atom is -0.380 e. The number of alkyl halides is 3. The SMILES string of the molecule is Cc1cc([C@@H]2CCCN(C3CCOC3)C2)n2nc([C@H]3CC[C@H](C(F)(F)F)CC3)cc2n1. The Morgan fingerprint density at radius 3 is 2.55 bits per heavy atom. The van der Waals surface area contributed by atoms with E-state index in [1.54, 1.807) is 0 Å². The van der Waals surface area contributed by atoms with E-state index in [-0.39, 0.29) is 18.8 Å². The summed E-state index contributed by atoms with van der Waals surface area (Å²) < 4.78 is 46.7. The highest BCUT2D eigenvalue weighted by molar-refractivity contribution is 5.43. The van der Waals surface area contributed by atoms with Gasteiger partial charge in [0.15, 0.2) is 5.65 Å². The zero-order valence-electron chi connectivity index (χ0n) is 18.1. The van der Waals surface area contributed by atoms with Crippen molar-refractivity contribution in [3.8, 4) is 0 Å². The van der Waals surface area contributed by atoms with Gasteiger partial charge in [0.25, 0.3) is 0 Å². The lowest BCUT2D eigenvalue weighted by Gasteiger charge is -2.36. The molecule has 0 spiro atoms. The second-order valence-electron chi connectivity index (χ2n) is 9.60. The lowest BCUT2D eigenvalue weighted by Crippen LogP contribution is -2.42. The number of piperidine rings is 1. The van der Waals surface area contributed by atoms with Crippen LogP contribution in [-0.4, -0.2) is 58.0 Å². The maximum absolute atomic E-state index is 13.0. The summed E-state index contributed by atoms with van der Waals surface area (Å²) in [5, 5.41) is 4.89. The molecule has 2 atom stereocenters. The summed E-state index contributed by atoms with van der Waals surface area (Å²) in [4.78, 5) is 7.25. The van der Waals surface area contributed by atoms with Crippen LogP contribution in [-0.2, 0) is 4.74 Å². The maximum atomic E-state index is 13.0. The molecule has 2 aliphatic heterocycles. The number of hydrogen-bond donors (Lipinski definition) is 0. The Bertz CT molecular complexity index is 913. The van der Waals surface area contributed by atoms with E-state index in [0.29, 0.717) is 24.8 Å². The van der Waals surface area contributed by atoms with Gasteiger partial charge in [-0.05, 0) is 64.5 Å². The average molecular weight is 437 g/mol. The summed E-state index contributed by atoms with van der Waals surface area (Å²) in [6, 6.07) is 4.66. The molecule has 2 saturated heterocycles. The van der Waals surface area contributed by atoms with Crippen LogP contribution < -0.4 is 0 Å². The molecule has 0 bridgehead atoms. The van der Waals surface area contributed by atoms with Gasteiger partial charge in [0.05, 0.1) is 23.9 Å². The van der Waals surface area contributed by atoms with Crippen LogP contribution in [0, 0.1) is 12.8 Å². The predicted octanol–water partition coefficient (Wildman–Crippen LogP) is 4.84. The quantitative estimate of drug-likeness (QED) is 0.690. The van der Waals surface area contributed by atoms with Crippen molar-refractivity contribution in [3.05, 3.63) is 29.2 Å².